The van der Waals surface area contributed by atoms with Gasteiger partial charge in [-0.25, -0.2) is 9.59 Å². The van der Waals surface area contributed by atoms with Crippen molar-refractivity contribution < 1.29 is 38.6 Å². The van der Waals surface area contributed by atoms with Crippen molar-refractivity contribution in [2.45, 2.75) is 102 Å². The second-order valence-electron chi connectivity index (χ2n) is 19.4. The summed E-state index contributed by atoms with van der Waals surface area (Å²) in [5.41, 5.74) is 17.5. The number of hydrogen-bond donors (Lipinski definition) is 11. The fraction of sp³-hybridized carbons (Fsp3) is 0.362. The number of ether oxygens (including phenoxy) is 1. The molecule has 0 aliphatic heterocycles. The largest absolute Gasteiger partial charge is 0.508 e. The predicted molar refractivity (Wildman–Crippen MR) is 300 cm³/mol. The van der Waals surface area contributed by atoms with Crippen LogP contribution in [-0.4, -0.2) is 103 Å². The Bertz CT molecular complexity index is 2680. The van der Waals surface area contributed by atoms with Crippen LogP contribution in [0.4, 0.5) is 15.3 Å². The summed E-state index contributed by atoms with van der Waals surface area (Å²) >= 11 is 0. The molecule has 0 aliphatic carbocycles. The molecule has 0 heterocycles. The van der Waals surface area contributed by atoms with Crippen LogP contribution in [0.1, 0.15) is 88.0 Å². The zero-order valence-corrected chi connectivity index (χ0v) is 44.4. The lowest BCUT2D eigenvalue weighted by molar-refractivity contribution is -0.129. The number of aliphatic imine (C=N–C) groups is 1. The summed E-state index contributed by atoms with van der Waals surface area (Å²) in [5, 5.41) is 32.4. The van der Waals surface area contributed by atoms with E-state index in [-0.39, 0.29) is 56.5 Å². The van der Waals surface area contributed by atoms with Crippen LogP contribution < -0.4 is 54.0 Å². The summed E-state index contributed by atoms with van der Waals surface area (Å²) in [6.07, 6.45) is 1.38. The molecule has 0 aliphatic rings. The first-order chi connectivity index (χ1) is 37.0. The van der Waals surface area contributed by atoms with Gasteiger partial charge in [0, 0.05) is 45.0 Å². The van der Waals surface area contributed by atoms with E-state index in [4.69, 9.17) is 16.2 Å². The second-order valence-corrected chi connectivity index (χ2v) is 19.4. The van der Waals surface area contributed by atoms with Gasteiger partial charge in [-0.15, -0.1) is 0 Å². The molecule has 1 unspecified atom stereocenters. The molecule has 19 nitrogen and oxygen atoms in total. The Morgan fingerprint density at radius 1 is 0.610 bits per heavy atom. The van der Waals surface area contributed by atoms with Crippen LogP contribution in [0.3, 0.4) is 0 Å². The highest BCUT2D eigenvalue weighted by Gasteiger charge is 2.29. The number of hydrogen-bond acceptors (Lipinski definition) is 11. The summed E-state index contributed by atoms with van der Waals surface area (Å²) in [7, 11) is 0. The highest BCUT2D eigenvalue weighted by molar-refractivity contribution is 5.95. The van der Waals surface area contributed by atoms with E-state index in [1.165, 1.54) is 12.1 Å². The maximum Gasteiger partial charge on any atom is 0.407 e. The Hall–Kier alpha value is -8.45. The van der Waals surface area contributed by atoms with Gasteiger partial charge < -0.3 is 58.5 Å². The number of nitrogens with one attached hydrogen (secondary N) is 8. The highest BCUT2D eigenvalue weighted by Crippen LogP contribution is 2.27. The van der Waals surface area contributed by atoms with Gasteiger partial charge in [0.05, 0.1) is 12.0 Å². The summed E-state index contributed by atoms with van der Waals surface area (Å²) in [6.45, 7) is 8.81. The van der Waals surface area contributed by atoms with Gasteiger partial charge in [-0.2, -0.15) is 0 Å². The van der Waals surface area contributed by atoms with Gasteiger partial charge in [0.15, 0.2) is 5.96 Å². The molecule has 0 radical (unpaired) electrons. The number of alkyl carbamates (subject to hydrolysis) is 1. The molecule has 0 aromatic heterocycles. The lowest BCUT2D eigenvalue weighted by Crippen LogP contribution is -2.52. The molecule has 0 bridgehead atoms. The number of aromatic hydroxyl groups is 1. The normalized spacial score (nSPS) is 12.9. The van der Waals surface area contributed by atoms with Crippen molar-refractivity contribution in [2.24, 2.45) is 16.5 Å². The summed E-state index contributed by atoms with van der Waals surface area (Å²) in [5.74, 6) is -2.44. The first-order valence-electron chi connectivity index (χ1n) is 26.0. The zero-order valence-electron chi connectivity index (χ0n) is 44.4. The fourth-order valence-electron chi connectivity index (χ4n) is 8.06. The molecule has 5 aromatic rings. The standard InChI is InChI=1S/C58H75N11O8/c1-5-61-56(75)69-55(60)64-33-12-19-49(53(73)66-38-40-23-31-46(70)32-24-40)68-54(74)50(43-17-10-7-11-18-43)44-27-29-45(30-28-44)62-35-14-36-63-52(72)48(20-13-34-65-57(76)77-58(2,3)4)67-51(71)47(59)37-39-21-25-42(26-22-39)41-15-8-6-9-16-41/h6-11,15-18,21-32,47-50,62,70H,5,12-14,19-20,33-38,59H2,1-4H3,(H,63,72)(H,65,76)(H,66,73)(H,67,71)(H,68,74)(H4,60,61,64,69,75)/t47-,48-,49-,50?/m1/s1. The first kappa shape index (κ1) is 59.4. The second kappa shape index (κ2) is 30.8. The van der Waals surface area contributed by atoms with Crippen LogP contribution in [0.2, 0.25) is 0 Å². The number of phenolic OH excluding ortho intramolecular Hbond substituents is 1. The van der Waals surface area contributed by atoms with Gasteiger partial charge in [-0.3, -0.25) is 29.5 Å². The Balaban J connectivity index is 1.18. The van der Waals surface area contributed by atoms with Gasteiger partial charge >= 0.3 is 12.1 Å². The fourth-order valence-corrected chi connectivity index (χ4v) is 8.06. The van der Waals surface area contributed by atoms with Crippen molar-refractivity contribution in [3.05, 3.63) is 156 Å². The van der Waals surface area contributed by atoms with Crippen LogP contribution >= 0.6 is 0 Å². The molecule has 13 N–H and O–H groups in total. The molecule has 7 amide bonds. The molecule has 4 atom stereocenters. The van der Waals surface area contributed by atoms with Gasteiger partial charge in [-0.05, 0) is 124 Å². The van der Waals surface area contributed by atoms with Crippen molar-refractivity contribution >= 4 is 47.4 Å². The molecule has 410 valence electrons. The Kier molecular flexibility index (Phi) is 23.8. The quantitative estimate of drug-likeness (QED) is 0.0173. The van der Waals surface area contributed by atoms with E-state index in [1.807, 2.05) is 109 Å². The SMILES string of the molecule is CCNC(=O)NC(N)=NCCC[C@@H](NC(=O)C(c1ccccc1)c1ccc(NCCCNC(=O)[C@@H](CCCNC(=O)OC(C)(C)C)NC(=O)[C@H](N)Cc2ccc(-c3ccccc3)cc2)cc1)C(=O)NCc1ccc(O)cc1. The van der Waals surface area contributed by atoms with Crippen molar-refractivity contribution in [3.8, 4) is 16.9 Å². The average molecular weight is 1050 g/mol. The number of nitrogens with zero attached hydrogens (tertiary/aromatic N) is 1. The summed E-state index contributed by atoms with van der Waals surface area (Å²) < 4.78 is 5.33. The van der Waals surface area contributed by atoms with Gasteiger partial charge in [0.1, 0.15) is 23.4 Å². The zero-order chi connectivity index (χ0) is 55.6. The number of carbonyl (C=O) groups is 6. The van der Waals surface area contributed by atoms with E-state index in [2.05, 4.69) is 47.5 Å². The number of amides is 7. The summed E-state index contributed by atoms with van der Waals surface area (Å²) in [4.78, 5) is 83.5. The van der Waals surface area contributed by atoms with E-state index >= 15 is 0 Å². The average Bonchev–Trinajstić information content (AvgIpc) is 3.40. The lowest BCUT2D eigenvalue weighted by Gasteiger charge is -2.23. The van der Waals surface area contributed by atoms with E-state index < -0.39 is 59.5 Å². The van der Waals surface area contributed by atoms with Gasteiger partial charge in [0.25, 0.3) is 0 Å². The number of guanidine groups is 1. The van der Waals surface area contributed by atoms with Crippen LogP contribution in [-0.2, 0) is 36.9 Å². The van der Waals surface area contributed by atoms with Crippen LogP contribution in [0.25, 0.3) is 11.1 Å². The molecular formula is C58H75N11O8. The summed E-state index contributed by atoms with van der Waals surface area (Å²) in [6, 6.07) is 37.6. The molecule has 19 heteroatoms. The van der Waals surface area contributed by atoms with Crippen molar-refractivity contribution in [3.63, 3.8) is 0 Å². The van der Waals surface area contributed by atoms with Crippen molar-refractivity contribution in [1.29, 1.82) is 0 Å². The molecule has 77 heavy (non-hydrogen) atoms. The van der Waals surface area contributed by atoms with E-state index in [0.29, 0.717) is 50.0 Å². The maximum atomic E-state index is 14.4. The smallest absolute Gasteiger partial charge is 0.407 e. The Morgan fingerprint density at radius 3 is 1.83 bits per heavy atom. The number of benzene rings is 5. The lowest BCUT2D eigenvalue weighted by atomic mass is 9.90. The minimum atomic E-state index is -0.959. The van der Waals surface area contributed by atoms with Crippen LogP contribution in [0.15, 0.2) is 138 Å². The molecule has 0 fully saturated rings. The van der Waals surface area contributed by atoms with Crippen LogP contribution in [0, 0.1) is 0 Å². The highest BCUT2D eigenvalue weighted by atomic mass is 16.6. The molecular weight excluding hydrogens is 979 g/mol. The third-order valence-corrected chi connectivity index (χ3v) is 12.0. The maximum absolute atomic E-state index is 14.4. The Morgan fingerprint density at radius 2 is 1.18 bits per heavy atom. The minimum absolute atomic E-state index is 0.0768. The number of nitrogens with two attached hydrogens (primary N) is 2. The minimum Gasteiger partial charge on any atom is -0.508 e. The molecule has 5 rings (SSSR count). The number of urea groups is 1. The predicted octanol–water partition coefficient (Wildman–Crippen LogP) is 5.68. The molecule has 5 aromatic carbocycles. The van der Waals surface area contributed by atoms with Gasteiger partial charge in [0.2, 0.25) is 23.6 Å². The van der Waals surface area contributed by atoms with E-state index in [1.54, 1.807) is 39.8 Å². The number of carbonyl (C=O) groups excluding carboxylic acids is 6. The van der Waals surface area contributed by atoms with E-state index in [9.17, 15) is 33.9 Å². The van der Waals surface area contributed by atoms with Crippen molar-refractivity contribution in [2.75, 3.05) is 38.0 Å². The molecule has 0 saturated heterocycles. The van der Waals surface area contributed by atoms with Gasteiger partial charge in [-0.1, -0.05) is 109 Å². The number of anilines is 1. The monoisotopic (exact) mass is 1050 g/mol. The number of phenols is 1. The third-order valence-electron chi connectivity index (χ3n) is 12.0. The topological polar surface area (TPSA) is 293 Å². The molecule has 0 spiro atoms. The molecule has 0 saturated carbocycles. The first-order valence-corrected chi connectivity index (χ1v) is 26.0. The van der Waals surface area contributed by atoms with Crippen LogP contribution in [0.5, 0.6) is 5.75 Å². The number of rotatable bonds is 27. The van der Waals surface area contributed by atoms with E-state index in [0.717, 1.165) is 27.9 Å². The van der Waals surface area contributed by atoms with Crippen molar-refractivity contribution in [1.82, 2.24) is 37.2 Å². The third kappa shape index (κ3) is 21.4. The Labute approximate surface area is 451 Å².